The smallest absolute Gasteiger partial charge is 0.262 e. The van der Waals surface area contributed by atoms with E-state index in [1.54, 1.807) is 37.4 Å². The van der Waals surface area contributed by atoms with Crippen molar-refractivity contribution in [3.8, 4) is 11.5 Å². The quantitative estimate of drug-likeness (QED) is 0.571. The number of para-hydroxylation sites is 1. The second-order valence-corrected chi connectivity index (χ2v) is 9.75. The van der Waals surface area contributed by atoms with Crippen molar-refractivity contribution in [3.63, 3.8) is 0 Å². The van der Waals surface area contributed by atoms with E-state index in [9.17, 15) is 13.2 Å². The van der Waals surface area contributed by atoms with Gasteiger partial charge in [-0.15, -0.1) is 0 Å². The molecule has 33 heavy (non-hydrogen) atoms. The summed E-state index contributed by atoms with van der Waals surface area (Å²) in [7, 11) is -2.29. The van der Waals surface area contributed by atoms with Crippen molar-refractivity contribution in [2.24, 2.45) is 0 Å². The van der Waals surface area contributed by atoms with Crippen LogP contribution in [0.5, 0.6) is 11.5 Å². The molecule has 0 aliphatic carbocycles. The number of nitrogens with zero attached hydrogens (tertiary/aromatic N) is 1. The second kappa shape index (κ2) is 9.15. The van der Waals surface area contributed by atoms with Gasteiger partial charge in [0.2, 0.25) is 0 Å². The van der Waals surface area contributed by atoms with Crippen LogP contribution in [0.15, 0.2) is 71.6 Å². The number of benzene rings is 3. The van der Waals surface area contributed by atoms with Crippen molar-refractivity contribution in [2.45, 2.75) is 24.7 Å². The molecule has 0 saturated heterocycles. The first-order valence-corrected chi connectivity index (χ1v) is 12.1. The monoisotopic (exact) mass is 466 g/mol. The number of hydrogen-bond acceptors (Lipinski definition) is 5. The van der Waals surface area contributed by atoms with Crippen LogP contribution in [0.1, 0.15) is 35.7 Å². The minimum atomic E-state index is -3.97. The maximum Gasteiger partial charge on any atom is 0.262 e. The third kappa shape index (κ3) is 4.80. The molecule has 0 bridgehead atoms. The molecule has 1 heterocycles. The van der Waals surface area contributed by atoms with E-state index in [1.807, 2.05) is 24.3 Å². The fourth-order valence-corrected chi connectivity index (χ4v) is 4.64. The average Bonchev–Trinajstić information content (AvgIpc) is 2.83. The zero-order chi connectivity index (χ0) is 23.6. The summed E-state index contributed by atoms with van der Waals surface area (Å²) in [4.78, 5) is 14.9. The molecule has 0 aromatic heterocycles. The number of anilines is 2. The molecule has 4 rings (SSSR count). The van der Waals surface area contributed by atoms with E-state index in [0.717, 1.165) is 11.3 Å². The van der Waals surface area contributed by atoms with E-state index in [0.29, 0.717) is 30.6 Å². The van der Waals surface area contributed by atoms with Gasteiger partial charge in [0, 0.05) is 18.8 Å². The molecule has 3 aromatic carbocycles. The molecule has 7 nitrogen and oxygen atoms in total. The molecule has 1 aliphatic rings. The number of rotatable bonds is 6. The van der Waals surface area contributed by atoms with E-state index in [-0.39, 0.29) is 22.1 Å². The highest BCUT2D eigenvalue weighted by Gasteiger charge is 2.23. The van der Waals surface area contributed by atoms with E-state index in [1.165, 1.54) is 17.0 Å². The standard InChI is InChI=1S/C25H26N2O5S/c1-17(2)18-7-6-8-19(15-18)27(3)25(28)21-9-4-5-10-22(21)26-33(29,30)20-11-12-23-24(16-20)32-14-13-31-23/h4-12,15-17,26H,13-14H2,1-3H3. The number of nitrogens with one attached hydrogen (secondary N) is 1. The molecule has 3 aromatic rings. The lowest BCUT2D eigenvalue weighted by molar-refractivity contribution is 0.0994. The summed E-state index contributed by atoms with van der Waals surface area (Å²) < 4.78 is 39.7. The molecule has 0 unspecified atom stereocenters. The minimum Gasteiger partial charge on any atom is -0.486 e. The van der Waals surface area contributed by atoms with Crippen molar-refractivity contribution >= 4 is 27.3 Å². The third-order valence-electron chi connectivity index (χ3n) is 5.45. The maximum atomic E-state index is 13.3. The molecular weight excluding hydrogens is 440 g/mol. The van der Waals surface area contributed by atoms with Gasteiger partial charge in [0.15, 0.2) is 11.5 Å². The second-order valence-electron chi connectivity index (χ2n) is 8.07. The third-order valence-corrected chi connectivity index (χ3v) is 6.82. The molecule has 172 valence electrons. The van der Waals surface area contributed by atoms with Crippen LogP contribution in [0.25, 0.3) is 0 Å². The fourth-order valence-electron chi connectivity index (χ4n) is 3.54. The Labute approximate surface area is 194 Å². The predicted molar refractivity (Wildman–Crippen MR) is 128 cm³/mol. The summed E-state index contributed by atoms with van der Waals surface area (Å²) in [6, 6.07) is 18.7. The fraction of sp³-hybridized carbons (Fsp3) is 0.240. The molecule has 1 aliphatic heterocycles. The van der Waals surface area contributed by atoms with Gasteiger partial charge in [0.05, 0.1) is 16.1 Å². The summed E-state index contributed by atoms with van der Waals surface area (Å²) in [5.41, 5.74) is 2.29. The Bertz CT molecular complexity index is 1290. The van der Waals surface area contributed by atoms with Gasteiger partial charge in [-0.1, -0.05) is 38.1 Å². The van der Waals surface area contributed by atoms with E-state index in [4.69, 9.17) is 9.47 Å². The van der Waals surface area contributed by atoms with Crippen LogP contribution in [0.4, 0.5) is 11.4 Å². The van der Waals surface area contributed by atoms with Gasteiger partial charge in [-0.05, 0) is 47.9 Å². The zero-order valence-corrected chi connectivity index (χ0v) is 19.6. The van der Waals surface area contributed by atoms with Gasteiger partial charge in [-0.2, -0.15) is 0 Å². The zero-order valence-electron chi connectivity index (χ0n) is 18.7. The summed E-state index contributed by atoms with van der Waals surface area (Å²) in [5, 5.41) is 0. The Balaban J connectivity index is 1.62. The van der Waals surface area contributed by atoms with Crippen molar-refractivity contribution in [1.82, 2.24) is 0 Å². The number of hydrogen-bond donors (Lipinski definition) is 1. The van der Waals surface area contributed by atoms with Gasteiger partial charge >= 0.3 is 0 Å². The molecule has 1 N–H and O–H groups in total. The van der Waals surface area contributed by atoms with Crippen LogP contribution < -0.4 is 19.1 Å². The van der Waals surface area contributed by atoms with Gasteiger partial charge in [0.25, 0.3) is 15.9 Å². The predicted octanol–water partition coefficient (Wildman–Crippen LogP) is 4.66. The summed E-state index contributed by atoms with van der Waals surface area (Å²) in [5.74, 6) is 0.870. The van der Waals surface area contributed by atoms with Gasteiger partial charge in [0.1, 0.15) is 13.2 Å². The normalized spacial score (nSPS) is 13.0. The average molecular weight is 467 g/mol. The van der Waals surface area contributed by atoms with Crippen LogP contribution in [-0.4, -0.2) is 34.6 Å². The molecule has 1 amide bonds. The van der Waals surface area contributed by atoms with Crippen LogP contribution >= 0.6 is 0 Å². The lowest BCUT2D eigenvalue weighted by Gasteiger charge is -2.21. The van der Waals surface area contributed by atoms with E-state index in [2.05, 4.69) is 18.6 Å². The molecule has 0 radical (unpaired) electrons. The number of sulfonamides is 1. The van der Waals surface area contributed by atoms with Crippen molar-refractivity contribution in [3.05, 3.63) is 77.9 Å². The molecule has 0 saturated carbocycles. The topological polar surface area (TPSA) is 84.9 Å². The highest BCUT2D eigenvalue weighted by Crippen LogP contribution is 2.33. The van der Waals surface area contributed by atoms with Crippen LogP contribution in [-0.2, 0) is 10.0 Å². The number of carbonyl (C=O) groups is 1. The first kappa shape index (κ1) is 22.7. The highest BCUT2D eigenvalue weighted by atomic mass is 32.2. The van der Waals surface area contributed by atoms with Crippen molar-refractivity contribution in [1.29, 1.82) is 0 Å². The van der Waals surface area contributed by atoms with Crippen LogP contribution in [0.2, 0.25) is 0 Å². The summed E-state index contributed by atoms with van der Waals surface area (Å²) >= 11 is 0. The van der Waals surface area contributed by atoms with Gasteiger partial charge in [-0.25, -0.2) is 8.42 Å². The maximum absolute atomic E-state index is 13.3. The minimum absolute atomic E-state index is 0.0204. The number of fused-ring (bicyclic) bond motifs is 1. The molecule has 0 fully saturated rings. The van der Waals surface area contributed by atoms with Gasteiger partial charge in [-0.3, -0.25) is 9.52 Å². The highest BCUT2D eigenvalue weighted by molar-refractivity contribution is 7.92. The Kier molecular flexibility index (Phi) is 6.29. The Morgan fingerprint density at radius 2 is 1.67 bits per heavy atom. The Hall–Kier alpha value is -3.52. The summed E-state index contributed by atoms with van der Waals surface area (Å²) in [6.07, 6.45) is 0. The van der Waals surface area contributed by atoms with Crippen molar-refractivity contribution < 1.29 is 22.7 Å². The lowest BCUT2D eigenvalue weighted by atomic mass is 10.0. The molecule has 0 spiro atoms. The molecular formula is C25H26N2O5S. The first-order valence-electron chi connectivity index (χ1n) is 10.7. The largest absolute Gasteiger partial charge is 0.486 e. The van der Waals surface area contributed by atoms with Gasteiger partial charge < -0.3 is 14.4 Å². The van der Waals surface area contributed by atoms with E-state index >= 15 is 0 Å². The van der Waals surface area contributed by atoms with Crippen LogP contribution in [0.3, 0.4) is 0 Å². The number of carbonyl (C=O) groups excluding carboxylic acids is 1. The Morgan fingerprint density at radius 3 is 2.42 bits per heavy atom. The molecule has 8 heteroatoms. The Morgan fingerprint density at radius 1 is 0.939 bits per heavy atom. The lowest BCUT2D eigenvalue weighted by Crippen LogP contribution is -2.28. The van der Waals surface area contributed by atoms with Crippen molar-refractivity contribution in [2.75, 3.05) is 29.9 Å². The summed E-state index contributed by atoms with van der Waals surface area (Å²) in [6.45, 7) is 4.94. The SMILES string of the molecule is CC(C)c1cccc(N(C)C(=O)c2ccccc2NS(=O)(=O)c2ccc3c(c2)OCCO3)c1. The van der Waals surface area contributed by atoms with E-state index < -0.39 is 10.0 Å². The number of amides is 1. The number of ether oxygens (including phenoxy) is 2. The first-order chi connectivity index (χ1) is 15.8. The van der Waals surface area contributed by atoms with Crippen LogP contribution in [0, 0.1) is 0 Å². The molecule has 0 atom stereocenters.